The van der Waals surface area contributed by atoms with E-state index in [1.165, 1.54) is 12.8 Å². The predicted molar refractivity (Wildman–Crippen MR) is 82.1 cm³/mol. The topological polar surface area (TPSA) is 45.2 Å². The van der Waals surface area contributed by atoms with Gasteiger partial charge in [0.15, 0.2) is 0 Å². The molecule has 0 aromatic carbocycles. The minimum atomic E-state index is 0.141. The highest BCUT2D eigenvalue weighted by Gasteiger charge is 2.23. The molecule has 1 aromatic heterocycles. The fourth-order valence-electron chi connectivity index (χ4n) is 2.94. The monoisotopic (exact) mass is 275 g/mol. The van der Waals surface area contributed by atoms with Crippen LogP contribution in [0.15, 0.2) is 12.1 Å². The molecule has 1 aromatic rings. The summed E-state index contributed by atoms with van der Waals surface area (Å²) in [7, 11) is 1.83. The van der Waals surface area contributed by atoms with E-state index in [0.29, 0.717) is 0 Å². The van der Waals surface area contributed by atoms with Gasteiger partial charge < -0.3 is 10.2 Å². The Kier molecular flexibility index (Phi) is 4.99. The van der Waals surface area contributed by atoms with Gasteiger partial charge in [0, 0.05) is 31.4 Å². The molecule has 0 unspecified atom stereocenters. The molecule has 1 amide bonds. The Bertz CT molecular complexity index is 465. The van der Waals surface area contributed by atoms with E-state index in [1.54, 1.807) is 0 Å². The van der Waals surface area contributed by atoms with Crippen molar-refractivity contribution in [2.45, 2.75) is 39.5 Å². The van der Waals surface area contributed by atoms with Crippen LogP contribution in [0.2, 0.25) is 0 Å². The van der Waals surface area contributed by atoms with Crippen molar-refractivity contribution in [3.05, 3.63) is 23.4 Å². The van der Waals surface area contributed by atoms with E-state index < -0.39 is 0 Å². The number of carbonyl (C=O) groups excluding carboxylic acids is 1. The summed E-state index contributed by atoms with van der Waals surface area (Å²) in [5, 5.41) is 3.01. The predicted octanol–water partition coefficient (Wildman–Crippen LogP) is 3.08. The van der Waals surface area contributed by atoms with Crippen LogP contribution >= 0.6 is 0 Å². The first-order chi connectivity index (χ1) is 9.63. The average molecular weight is 275 g/mol. The molecule has 1 N–H and O–H groups in total. The zero-order valence-electron chi connectivity index (χ0n) is 12.8. The number of hydrogen-bond donors (Lipinski definition) is 1. The molecule has 110 valence electrons. The lowest BCUT2D eigenvalue weighted by molar-refractivity contribution is 0.0686. The number of pyridine rings is 1. The van der Waals surface area contributed by atoms with Crippen molar-refractivity contribution in [3.63, 3.8) is 0 Å². The minimum Gasteiger partial charge on any atom is -0.373 e. The summed E-state index contributed by atoms with van der Waals surface area (Å²) < 4.78 is 0. The molecule has 2 rings (SSSR count). The van der Waals surface area contributed by atoms with Crippen molar-refractivity contribution in [3.8, 4) is 0 Å². The Morgan fingerprint density at radius 1 is 1.40 bits per heavy atom. The molecule has 4 nitrogen and oxygen atoms in total. The van der Waals surface area contributed by atoms with Crippen molar-refractivity contribution < 1.29 is 4.79 Å². The molecule has 0 saturated carbocycles. The Morgan fingerprint density at radius 2 is 2.10 bits per heavy atom. The van der Waals surface area contributed by atoms with Crippen LogP contribution in [-0.2, 0) is 0 Å². The maximum Gasteiger partial charge on any atom is 0.254 e. The van der Waals surface area contributed by atoms with Gasteiger partial charge >= 0.3 is 0 Å². The molecule has 0 aliphatic carbocycles. The summed E-state index contributed by atoms with van der Waals surface area (Å²) in [5.41, 5.74) is 1.62. The van der Waals surface area contributed by atoms with Crippen LogP contribution in [0.1, 0.15) is 48.7 Å². The number of hydrogen-bond acceptors (Lipinski definition) is 3. The van der Waals surface area contributed by atoms with Crippen LogP contribution < -0.4 is 5.32 Å². The van der Waals surface area contributed by atoms with E-state index in [4.69, 9.17) is 0 Å². The third-order valence-corrected chi connectivity index (χ3v) is 4.06. The van der Waals surface area contributed by atoms with Gasteiger partial charge in [0.25, 0.3) is 5.91 Å². The molecule has 1 saturated heterocycles. The first-order valence-electron chi connectivity index (χ1n) is 7.59. The van der Waals surface area contributed by atoms with Gasteiger partial charge in [-0.15, -0.1) is 0 Å². The molecule has 1 aliphatic rings. The second-order valence-corrected chi connectivity index (χ2v) is 5.66. The summed E-state index contributed by atoms with van der Waals surface area (Å²) in [6.07, 6.45) is 4.82. The highest BCUT2D eigenvalue weighted by Crippen LogP contribution is 2.23. The van der Waals surface area contributed by atoms with E-state index >= 15 is 0 Å². The molecular formula is C16H25N3O. The van der Waals surface area contributed by atoms with Crippen molar-refractivity contribution in [1.82, 2.24) is 9.88 Å². The number of piperidine rings is 1. The second-order valence-electron chi connectivity index (χ2n) is 5.66. The van der Waals surface area contributed by atoms with Crippen LogP contribution in [0, 0.1) is 12.8 Å². The van der Waals surface area contributed by atoms with Gasteiger partial charge in [-0.05, 0) is 37.8 Å². The molecular weight excluding hydrogens is 250 g/mol. The Labute approximate surface area is 121 Å². The lowest BCUT2D eigenvalue weighted by Gasteiger charge is -2.32. The maximum atomic E-state index is 12.6. The first kappa shape index (κ1) is 14.8. The first-order valence-corrected chi connectivity index (χ1v) is 7.59. The van der Waals surface area contributed by atoms with E-state index in [0.717, 1.165) is 48.9 Å². The highest BCUT2D eigenvalue weighted by atomic mass is 16.2. The molecule has 2 heterocycles. The smallest absolute Gasteiger partial charge is 0.254 e. The molecule has 20 heavy (non-hydrogen) atoms. The number of rotatable bonds is 4. The van der Waals surface area contributed by atoms with Crippen molar-refractivity contribution in [2.24, 2.45) is 5.92 Å². The SMILES string of the molecule is CCCC1CCN(C(=O)c2cc(C)nc(NC)c2)CC1. The number of nitrogens with one attached hydrogen (secondary N) is 1. The zero-order chi connectivity index (χ0) is 14.5. The van der Waals surface area contributed by atoms with Gasteiger partial charge in [-0.2, -0.15) is 0 Å². The van der Waals surface area contributed by atoms with Crippen molar-refractivity contribution in [1.29, 1.82) is 0 Å². The molecule has 4 heteroatoms. The van der Waals surface area contributed by atoms with Crippen LogP contribution in [0.3, 0.4) is 0 Å². The number of anilines is 1. The summed E-state index contributed by atoms with van der Waals surface area (Å²) in [6, 6.07) is 3.72. The summed E-state index contributed by atoms with van der Waals surface area (Å²) >= 11 is 0. The normalized spacial score (nSPS) is 16.2. The number of likely N-dealkylation sites (tertiary alicyclic amines) is 1. The van der Waals surface area contributed by atoms with E-state index in [2.05, 4.69) is 17.2 Å². The van der Waals surface area contributed by atoms with Crippen LogP contribution in [0.4, 0.5) is 5.82 Å². The van der Waals surface area contributed by atoms with E-state index in [-0.39, 0.29) is 5.91 Å². The van der Waals surface area contributed by atoms with E-state index in [9.17, 15) is 4.79 Å². The van der Waals surface area contributed by atoms with Gasteiger partial charge in [0.2, 0.25) is 0 Å². The number of carbonyl (C=O) groups is 1. The quantitative estimate of drug-likeness (QED) is 0.918. The van der Waals surface area contributed by atoms with Crippen LogP contribution in [0.25, 0.3) is 0 Å². The van der Waals surface area contributed by atoms with Crippen molar-refractivity contribution >= 4 is 11.7 Å². The zero-order valence-corrected chi connectivity index (χ0v) is 12.8. The minimum absolute atomic E-state index is 0.141. The van der Waals surface area contributed by atoms with Crippen LogP contribution in [0.5, 0.6) is 0 Å². The number of amides is 1. The largest absolute Gasteiger partial charge is 0.373 e. The Hall–Kier alpha value is -1.58. The molecule has 1 aliphatic heterocycles. The molecule has 1 fully saturated rings. The molecule has 0 atom stereocenters. The molecule has 0 spiro atoms. The third-order valence-electron chi connectivity index (χ3n) is 4.06. The average Bonchev–Trinajstić information content (AvgIpc) is 2.47. The second kappa shape index (κ2) is 6.73. The number of nitrogens with zero attached hydrogens (tertiary/aromatic N) is 2. The highest BCUT2D eigenvalue weighted by molar-refractivity contribution is 5.95. The Morgan fingerprint density at radius 3 is 2.70 bits per heavy atom. The third kappa shape index (κ3) is 3.50. The van der Waals surface area contributed by atoms with Gasteiger partial charge in [0.05, 0.1) is 0 Å². The summed E-state index contributed by atoms with van der Waals surface area (Å²) in [6.45, 7) is 5.93. The lowest BCUT2D eigenvalue weighted by Crippen LogP contribution is -2.38. The summed E-state index contributed by atoms with van der Waals surface area (Å²) in [5.74, 6) is 1.70. The van der Waals surface area contributed by atoms with Crippen LogP contribution in [-0.4, -0.2) is 35.9 Å². The fourth-order valence-corrected chi connectivity index (χ4v) is 2.94. The summed E-state index contributed by atoms with van der Waals surface area (Å²) in [4.78, 5) is 18.9. The number of aryl methyl sites for hydroxylation is 1. The maximum absolute atomic E-state index is 12.6. The molecule has 0 bridgehead atoms. The van der Waals surface area contributed by atoms with Gasteiger partial charge in [-0.25, -0.2) is 4.98 Å². The van der Waals surface area contributed by atoms with Crippen molar-refractivity contribution in [2.75, 3.05) is 25.5 Å². The standard InChI is InChI=1S/C16H25N3O/c1-4-5-13-6-8-19(9-7-13)16(20)14-10-12(2)18-15(11-14)17-3/h10-11,13H,4-9H2,1-3H3,(H,17,18). The lowest BCUT2D eigenvalue weighted by atomic mass is 9.92. The fraction of sp³-hybridized carbons (Fsp3) is 0.625. The van der Waals surface area contributed by atoms with Gasteiger partial charge in [-0.1, -0.05) is 19.8 Å². The molecule has 0 radical (unpaired) electrons. The van der Waals surface area contributed by atoms with Gasteiger partial charge in [0.1, 0.15) is 5.82 Å². The number of aromatic nitrogens is 1. The van der Waals surface area contributed by atoms with Gasteiger partial charge in [-0.3, -0.25) is 4.79 Å². The Balaban J connectivity index is 2.03. The van der Waals surface area contributed by atoms with E-state index in [1.807, 2.05) is 31.0 Å².